The van der Waals surface area contributed by atoms with Gasteiger partial charge in [-0.1, -0.05) is 6.07 Å². The molecule has 0 saturated carbocycles. The van der Waals surface area contributed by atoms with E-state index in [4.69, 9.17) is 9.84 Å². The van der Waals surface area contributed by atoms with E-state index in [1.54, 1.807) is 26.2 Å². The van der Waals surface area contributed by atoms with E-state index >= 15 is 0 Å². The maximum absolute atomic E-state index is 12.1. The molecule has 1 aromatic rings. The molecule has 0 radical (unpaired) electrons. The highest BCUT2D eigenvalue weighted by molar-refractivity contribution is 7.85. The summed E-state index contributed by atoms with van der Waals surface area (Å²) in [5.74, 6) is -1.59. The Kier molecular flexibility index (Phi) is 7.04. The third kappa shape index (κ3) is 5.65. The zero-order chi connectivity index (χ0) is 15.8. The third-order valence-corrected chi connectivity index (χ3v) is 4.12. The Morgan fingerprint density at radius 1 is 1.38 bits per heavy atom. The number of aryl methyl sites for hydroxylation is 1. The molecule has 0 heterocycles. The molecule has 1 amide bonds. The first kappa shape index (κ1) is 17.3. The molecular weight excluding hydrogens is 294 g/mol. The van der Waals surface area contributed by atoms with Gasteiger partial charge >= 0.3 is 5.97 Å². The minimum Gasteiger partial charge on any atom is -0.478 e. The normalized spacial score (nSPS) is 11.9. The van der Waals surface area contributed by atoms with Crippen LogP contribution in [0.4, 0.5) is 0 Å². The number of methoxy groups -OCH3 is 1. The van der Waals surface area contributed by atoms with Crippen molar-refractivity contribution in [2.75, 3.05) is 26.0 Å². The Balaban J connectivity index is 2.61. The van der Waals surface area contributed by atoms with Crippen LogP contribution in [-0.4, -0.2) is 47.2 Å². The molecule has 0 aliphatic heterocycles. The molecule has 7 heteroatoms. The van der Waals surface area contributed by atoms with E-state index in [0.29, 0.717) is 30.0 Å². The van der Waals surface area contributed by atoms with Gasteiger partial charge in [0, 0.05) is 25.2 Å². The predicted octanol–water partition coefficient (Wildman–Crippen LogP) is 0.954. The Labute approximate surface area is 126 Å². The van der Waals surface area contributed by atoms with Gasteiger partial charge in [0.1, 0.15) is 5.75 Å². The van der Waals surface area contributed by atoms with E-state index in [1.807, 2.05) is 0 Å². The molecule has 1 unspecified atom stereocenters. The van der Waals surface area contributed by atoms with Crippen LogP contribution in [0.2, 0.25) is 0 Å². The molecule has 1 atom stereocenters. The molecule has 0 bridgehead atoms. The van der Waals surface area contributed by atoms with Crippen molar-refractivity contribution in [3.05, 3.63) is 29.3 Å². The Morgan fingerprint density at radius 2 is 2.10 bits per heavy atom. The van der Waals surface area contributed by atoms with Crippen LogP contribution in [0.1, 0.15) is 22.3 Å². The number of nitrogens with one attached hydrogen (secondary N) is 1. The average molecular weight is 313 g/mol. The topological polar surface area (TPSA) is 92.7 Å². The number of amides is 1. The van der Waals surface area contributed by atoms with E-state index in [9.17, 15) is 13.8 Å². The molecule has 2 N–H and O–H groups in total. The lowest BCUT2D eigenvalue weighted by Gasteiger charge is -2.07. The lowest BCUT2D eigenvalue weighted by Crippen LogP contribution is -2.29. The minimum atomic E-state index is -1.56. The van der Waals surface area contributed by atoms with E-state index < -0.39 is 16.8 Å². The van der Waals surface area contributed by atoms with Gasteiger partial charge in [0.25, 0.3) is 0 Å². The number of carbonyl (C=O) groups excluding carboxylic acids is 1. The minimum absolute atomic E-state index is 0.0985. The smallest absolute Gasteiger partial charge is 0.335 e. The summed E-state index contributed by atoms with van der Waals surface area (Å²) in [6.07, 6.45) is 0.683. The summed E-state index contributed by atoms with van der Waals surface area (Å²) < 4.78 is 16.9. The number of carboxylic acid groups (broad SMARTS) is 1. The number of carbonyl (C=O) groups is 2. The van der Waals surface area contributed by atoms with Gasteiger partial charge in [-0.3, -0.25) is 9.00 Å². The second-order valence-electron chi connectivity index (χ2n) is 4.47. The summed E-state index contributed by atoms with van der Waals surface area (Å²) in [4.78, 5) is 23.0. The van der Waals surface area contributed by atoms with Crippen molar-refractivity contribution in [3.63, 3.8) is 0 Å². The number of aromatic carboxylic acids is 1. The monoisotopic (exact) mass is 313 g/mol. The molecule has 0 aromatic heterocycles. The Morgan fingerprint density at radius 3 is 2.71 bits per heavy atom. The van der Waals surface area contributed by atoms with E-state index in [-0.39, 0.29) is 17.2 Å². The lowest BCUT2D eigenvalue weighted by atomic mass is 10.1. The van der Waals surface area contributed by atoms with Crippen molar-refractivity contribution in [3.8, 4) is 0 Å². The van der Waals surface area contributed by atoms with Gasteiger partial charge in [0.2, 0.25) is 5.91 Å². The molecule has 0 aliphatic rings. The van der Waals surface area contributed by atoms with Crippen LogP contribution in [0.25, 0.3) is 0 Å². The van der Waals surface area contributed by atoms with E-state index in [1.165, 1.54) is 6.07 Å². The van der Waals surface area contributed by atoms with Crippen LogP contribution in [-0.2, 0) is 20.3 Å². The van der Waals surface area contributed by atoms with E-state index in [0.717, 1.165) is 0 Å². The van der Waals surface area contributed by atoms with Crippen molar-refractivity contribution in [1.29, 1.82) is 0 Å². The lowest BCUT2D eigenvalue weighted by molar-refractivity contribution is -0.118. The zero-order valence-corrected chi connectivity index (χ0v) is 12.9. The fraction of sp³-hybridized carbons (Fsp3) is 0.429. The first-order valence-electron chi connectivity index (χ1n) is 6.43. The largest absolute Gasteiger partial charge is 0.478 e. The number of rotatable bonds is 8. The summed E-state index contributed by atoms with van der Waals surface area (Å²) in [6, 6.07) is 4.52. The molecule has 0 saturated heterocycles. The van der Waals surface area contributed by atoms with Crippen LogP contribution >= 0.6 is 0 Å². The van der Waals surface area contributed by atoms with E-state index in [2.05, 4.69) is 5.32 Å². The van der Waals surface area contributed by atoms with Gasteiger partial charge in [-0.25, -0.2) is 4.79 Å². The van der Waals surface area contributed by atoms with Crippen molar-refractivity contribution < 1.29 is 23.6 Å². The number of hydrogen-bond donors (Lipinski definition) is 2. The molecule has 1 aromatic carbocycles. The predicted molar refractivity (Wildman–Crippen MR) is 78.9 cm³/mol. The number of hydrogen-bond acceptors (Lipinski definition) is 4. The fourth-order valence-electron chi connectivity index (χ4n) is 1.67. The summed E-state index contributed by atoms with van der Waals surface area (Å²) in [5, 5.41) is 11.7. The first-order valence-corrected chi connectivity index (χ1v) is 7.75. The average Bonchev–Trinajstić information content (AvgIpc) is 2.43. The van der Waals surface area contributed by atoms with Gasteiger partial charge in [-0.2, -0.15) is 0 Å². The molecule has 6 nitrogen and oxygen atoms in total. The van der Waals surface area contributed by atoms with Crippen molar-refractivity contribution in [2.24, 2.45) is 0 Å². The van der Waals surface area contributed by atoms with Crippen LogP contribution in [0.15, 0.2) is 23.1 Å². The van der Waals surface area contributed by atoms with Gasteiger partial charge in [-0.05, 0) is 31.0 Å². The molecule has 0 aliphatic carbocycles. The first-order chi connectivity index (χ1) is 9.95. The highest BCUT2D eigenvalue weighted by Crippen LogP contribution is 2.14. The Bertz CT molecular complexity index is 544. The van der Waals surface area contributed by atoms with Crippen LogP contribution in [0, 0.1) is 6.92 Å². The van der Waals surface area contributed by atoms with Gasteiger partial charge in [0.05, 0.1) is 16.4 Å². The standard InChI is InChI=1S/C14H19NO5S/c1-10-4-5-11(8-12(10)14(17)18)21(19)9-13(16)15-6-3-7-20-2/h4-5,8H,3,6-7,9H2,1-2H3,(H,15,16)(H,17,18). The van der Waals surface area contributed by atoms with Gasteiger partial charge < -0.3 is 15.2 Å². The molecule has 116 valence electrons. The summed E-state index contributed by atoms with van der Waals surface area (Å²) in [6.45, 7) is 2.67. The van der Waals surface area contributed by atoms with Crippen LogP contribution in [0.3, 0.4) is 0 Å². The Hall–Kier alpha value is -1.73. The summed E-state index contributed by atoms with van der Waals surface area (Å²) in [5.41, 5.74) is 0.689. The molecule has 0 spiro atoms. The maximum atomic E-state index is 12.1. The van der Waals surface area contributed by atoms with Crippen LogP contribution in [0.5, 0.6) is 0 Å². The number of ether oxygens (including phenoxy) is 1. The van der Waals surface area contributed by atoms with Crippen molar-refractivity contribution >= 4 is 22.7 Å². The second-order valence-corrected chi connectivity index (χ2v) is 5.92. The molecular formula is C14H19NO5S. The van der Waals surface area contributed by atoms with Gasteiger partial charge in [-0.15, -0.1) is 0 Å². The molecule has 21 heavy (non-hydrogen) atoms. The van der Waals surface area contributed by atoms with Crippen LogP contribution < -0.4 is 5.32 Å². The number of carboxylic acids is 1. The van der Waals surface area contributed by atoms with Gasteiger partial charge in [0.15, 0.2) is 0 Å². The third-order valence-electron chi connectivity index (χ3n) is 2.81. The number of benzene rings is 1. The quantitative estimate of drug-likeness (QED) is 0.697. The highest BCUT2D eigenvalue weighted by Gasteiger charge is 2.14. The van der Waals surface area contributed by atoms with Crippen molar-refractivity contribution in [2.45, 2.75) is 18.2 Å². The molecule has 0 fully saturated rings. The second kappa shape index (κ2) is 8.53. The fourth-order valence-corrected chi connectivity index (χ4v) is 2.65. The maximum Gasteiger partial charge on any atom is 0.335 e. The SMILES string of the molecule is COCCCNC(=O)CS(=O)c1ccc(C)c(C(=O)O)c1. The van der Waals surface area contributed by atoms with Crippen molar-refractivity contribution in [1.82, 2.24) is 5.32 Å². The zero-order valence-electron chi connectivity index (χ0n) is 12.0. The summed E-state index contributed by atoms with van der Waals surface area (Å²) >= 11 is 0. The summed E-state index contributed by atoms with van der Waals surface area (Å²) in [7, 11) is 0.0153. The highest BCUT2D eigenvalue weighted by atomic mass is 32.2. The molecule has 1 rings (SSSR count).